The highest BCUT2D eigenvalue weighted by atomic mass is 35.5. The summed E-state index contributed by atoms with van der Waals surface area (Å²) in [6.45, 7) is 0. The number of halogens is 1. The van der Waals surface area contributed by atoms with E-state index in [9.17, 15) is 0 Å². The lowest BCUT2D eigenvalue weighted by Gasteiger charge is -2.17. The number of benzene rings is 1. The molecule has 0 aliphatic heterocycles. The van der Waals surface area contributed by atoms with Crippen molar-refractivity contribution in [2.45, 2.75) is 31.2 Å². The molecule has 2 N–H and O–H groups in total. The number of methoxy groups -OCH3 is 2. The monoisotopic (exact) mass is 351 g/mol. The number of nitrogens with two attached hydrogens (primary N) is 1. The minimum Gasteiger partial charge on any atom is -0.497 e. The highest BCUT2D eigenvalue weighted by Gasteiger charge is 2.35. The second-order valence-corrected chi connectivity index (χ2v) is 5.76. The molecular formula is C17H22ClN3O3. The Kier molecular flexibility index (Phi) is 5.85. The highest BCUT2D eigenvalue weighted by molar-refractivity contribution is 5.85. The molecule has 1 fully saturated rings. The van der Waals surface area contributed by atoms with Crippen LogP contribution in [0.4, 0.5) is 0 Å². The number of ether oxygens (including phenoxy) is 2. The van der Waals surface area contributed by atoms with Gasteiger partial charge in [0.1, 0.15) is 11.5 Å². The van der Waals surface area contributed by atoms with Gasteiger partial charge in [0.05, 0.1) is 19.8 Å². The van der Waals surface area contributed by atoms with Gasteiger partial charge in [0.15, 0.2) is 5.82 Å². The van der Waals surface area contributed by atoms with E-state index in [1.165, 1.54) is 0 Å². The van der Waals surface area contributed by atoms with Gasteiger partial charge in [0.2, 0.25) is 0 Å². The number of hydrogen-bond acceptors (Lipinski definition) is 6. The Hall–Kier alpha value is -2.05. The van der Waals surface area contributed by atoms with Gasteiger partial charge in [0, 0.05) is 17.7 Å². The van der Waals surface area contributed by atoms with E-state index in [4.69, 9.17) is 19.7 Å². The molecule has 0 amide bonds. The molecule has 1 aromatic heterocycles. The third-order valence-corrected chi connectivity index (χ3v) is 4.23. The van der Waals surface area contributed by atoms with Gasteiger partial charge in [-0.3, -0.25) is 0 Å². The van der Waals surface area contributed by atoms with Crippen LogP contribution in [0.15, 0.2) is 22.7 Å². The zero-order valence-electron chi connectivity index (χ0n) is 13.8. The summed E-state index contributed by atoms with van der Waals surface area (Å²) in [7, 11) is 3.24. The van der Waals surface area contributed by atoms with Crippen LogP contribution in [0, 0.1) is 0 Å². The summed E-state index contributed by atoms with van der Waals surface area (Å²) in [6.07, 6.45) is 7.66. The topological polar surface area (TPSA) is 83.4 Å². The van der Waals surface area contributed by atoms with Crippen molar-refractivity contribution in [1.82, 2.24) is 10.1 Å². The molecule has 0 saturated heterocycles. The van der Waals surface area contributed by atoms with Crippen molar-refractivity contribution in [1.29, 1.82) is 0 Å². The third kappa shape index (κ3) is 3.71. The fourth-order valence-electron chi connectivity index (χ4n) is 2.85. The van der Waals surface area contributed by atoms with E-state index in [0.29, 0.717) is 17.5 Å². The first-order valence-electron chi connectivity index (χ1n) is 7.68. The van der Waals surface area contributed by atoms with E-state index < -0.39 is 5.54 Å². The molecule has 1 aliphatic carbocycles. The van der Waals surface area contributed by atoms with Crippen molar-refractivity contribution in [3.05, 3.63) is 35.5 Å². The van der Waals surface area contributed by atoms with Gasteiger partial charge >= 0.3 is 0 Å². The first-order chi connectivity index (χ1) is 11.1. The van der Waals surface area contributed by atoms with Crippen LogP contribution in [0.25, 0.3) is 12.2 Å². The molecule has 130 valence electrons. The summed E-state index contributed by atoms with van der Waals surface area (Å²) in [6, 6.07) is 5.61. The number of rotatable bonds is 5. The standard InChI is InChI=1S/C17H21N3O3.ClH/c1-21-13-7-5-12(14(11-13)22-2)6-8-15-19-16(20-23-15)17(18)9-3-4-10-17;/h5-8,11H,3-4,9-10,18H2,1-2H3;1H/b8-6+;. The zero-order chi connectivity index (χ0) is 16.3. The van der Waals surface area contributed by atoms with Crippen molar-refractivity contribution in [2.75, 3.05) is 14.2 Å². The van der Waals surface area contributed by atoms with Crippen LogP contribution in [0.5, 0.6) is 11.5 Å². The van der Waals surface area contributed by atoms with Gasteiger partial charge in [-0.05, 0) is 31.1 Å². The Balaban J connectivity index is 0.00000208. The van der Waals surface area contributed by atoms with E-state index in [1.807, 2.05) is 24.3 Å². The molecule has 1 saturated carbocycles. The molecule has 0 unspecified atom stereocenters. The maximum absolute atomic E-state index is 6.34. The third-order valence-electron chi connectivity index (χ3n) is 4.23. The lowest BCUT2D eigenvalue weighted by Crippen LogP contribution is -2.34. The summed E-state index contributed by atoms with van der Waals surface area (Å²) in [5.74, 6) is 2.49. The van der Waals surface area contributed by atoms with Crippen LogP contribution >= 0.6 is 12.4 Å². The van der Waals surface area contributed by atoms with Crippen LogP contribution in [0.1, 0.15) is 43.0 Å². The molecule has 0 atom stereocenters. The number of nitrogens with zero attached hydrogens (tertiary/aromatic N) is 2. The van der Waals surface area contributed by atoms with Crippen molar-refractivity contribution in [3.8, 4) is 11.5 Å². The molecule has 0 spiro atoms. The smallest absolute Gasteiger partial charge is 0.250 e. The van der Waals surface area contributed by atoms with E-state index in [2.05, 4.69) is 10.1 Å². The minimum absolute atomic E-state index is 0. The van der Waals surface area contributed by atoms with Crippen LogP contribution in [-0.2, 0) is 5.54 Å². The van der Waals surface area contributed by atoms with E-state index in [-0.39, 0.29) is 12.4 Å². The van der Waals surface area contributed by atoms with E-state index in [1.54, 1.807) is 20.3 Å². The van der Waals surface area contributed by atoms with Gasteiger partial charge in [-0.1, -0.05) is 18.0 Å². The van der Waals surface area contributed by atoms with Crippen molar-refractivity contribution in [3.63, 3.8) is 0 Å². The maximum atomic E-state index is 6.34. The van der Waals surface area contributed by atoms with Gasteiger partial charge in [-0.2, -0.15) is 4.98 Å². The maximum Gasteiger partial charge on any atom is 0.250 e. The predicted octanol–water partition coefficient (Wildman–Crippen LogP) is 3.41. The van der Waals surface area contributed by atoms with Gasteiger partial charge in [-0.15, -0.1) is 12.4 Å². The van der Waals surface area contributed by atoms with Crippen LogP contribution in [-0.4, -0.2) is 24.4 Å². The molecule has 3 rings (SSSR count). The molecule has 2 aromatic rings. The summed E-state index contributed by atoms with van der Waals surface area (Å²) >= 11 is 0. The lowest BCUT2D eigenvalue weighted by molar-refractivity contribution is 0.364. The first-order valence-corrected chi connectivity index (χ1v) is 7.68. The molecule has 1 aromatic carbocycles. The van der Waals surface area contributed by atoms with Crippen molar-refractivity contribution >= 4 is 24.6 Å². The minimum atomic E-state index is -0.437. The summed E-state index contributed by atoms with van der Waals surface area (Å²) in [5, 5.41) is 4.04. The molecule has 6 nitrogen and oxygen atoms in total. The van der Waals surface area contributed by atoms with Crippen molar-refractivity contribution in [2.24, 2.45) is 5.73 Å². The molecule has 0 radical (unpaired) electrons. The Morgan fingerprint density at radius 2 is 1.92 bits per heavy atom. The Morgan fingerprint density at radius 1 is 1.17 bits per heavy atom. The van der Waals surface area contributed by atoms with E-state index in [0.717, 1.165) is 37.0 Å². The predicted molar refractivity (Wildman–Crippen MR) is 94.4 cm³/mol. The normalized spacial score (nSPS) is 16.1. The van der Waals surface area contributed by atoms with Crippen LogP contribution in [0.2, 0.25) is 0 Å². The molecule has 1 aliphatic rings. The average molecular weight is 352 g/mol. The Bertz CT molecular complexity index is 709. The summed E-state index contributed by atoms with van der Waals surface area (Å²) in [5.41, 5.74) is 6.80. The quantitative estimate of drug-likeness (QED) is 0.888. The van der Waals surface area contributed by atoms with Crippen LogP contribution < -0.4 is 15.2 Å². The van der Waals surface area contributed by atoms with Crippen molar-refractivity contribution < 1.29 is 14.0 Å². The fourth-order valence-corrected chi connectivity index (χ4v) is 2.85. The second kappa shape index (κ2) is 7.68. The highest BCUT2D eigenvalue weighted by Crippen LogP contribution is 2.34. The molecule has 7 heteroatoms. The SMILES string of the molecule is COc1ccc(/C=C/c2nc(C3(N)CCCC3)no2)c(OC)c1.Cl. The van der Waals surface area contributed by atoms with Gasteiger partial charge < -0.3 is 19.7 Å². The summed E-state index contributed by atoms with van der Waals surface area (Å²) in [4.78, 5) is 4.41. The van der Waals surface area contributed by atoms with Gasteiger partial charge in [0.25, 0.3) is 5.89 Å². The van der Waals surface area contributed by atoms with E-state index >= 15 is 0 Å². The lowest BCUT2D eigenvalue weighted by atomic mass is 9.99. The molecule has 1 heterocycles. The Morgan fingerprint density at radius 3 is 2.58 bits per heavy atom. The number of hydrogen-bond donors (Lipinski definition) is 1. The molecule has 0 bridgehead atoms. The Labute approximate surface area is 147 Å². The average Bonchev–Trinajstić information content (AvgIpc) is 3.22. The summed E-state index contributed by atoms with van der Waals surface area (Å²) < 4.78 is 15.8. The largest absolute Gasteiger partial charge is 0.497 e. The van der Waals surface area contributed by atoms with Crippen LogP contribution in [0.3, 0.4) is 0 Å². The zero-order valence-corrected chi connectivity index (χ0v) is 14.6. The van der Waals surface area contributed by atoms with Gasteiger partial charge in [-0.25, -0.2) is 0 Å². The number of aromatic nitrogens is 2. The fraction of sp³-hybridized carbons (Fsp3) is 0.412. The molecular weight excluding hydrogens is 330 g/mol. The first kappa shape index (κ1) is 18.3. The second-order valence-electron chi connectivity index (χ2n) is 5.76. The molecule has 24 heavy (non-hydrogen) atoms.